The van der Waals surface area contributed by atoms with E-state index in [0.717, 1.165) is 23.1 Å². The number of benzene rings is 2. The van der Waals surface area contributed by atoms with E-state index in [-0.39, 0.29) is 0 Å². The topological polar surface area (TPSA) is 17.5 Å². The molecule has 2 aromatic carbocycles. The van der Waals surface area contributed by atoms with E-state index >= 15 is 0 Å². The molecule has 4 heteroatoms. The van der Waals surface area contributed by atoms with Crippen molar-refractivity contribution in [3.05, 3.63) is 70.0 Å². The molecular formula is C18H13N4+. The van der Waals surface area contributed by atoms with Gasteiger partial charge >= 0.3 is 0 Å². The molecule has 0 saturated carbocycles. The molecule has 0 fully saturated rings. The van der Waals surface area contributed by atoms with E-state index in [4.69, 9.17) is 13.1 Å². The second-order valence-corrected chi connectivity index (χ2v) is 5.71. The van der Waals surface area contributed by atoms with Crippen LogP contribution in [0.5, 0.6) is 0 Å². The molecule has 0 saturated heterocycles. The Morgan fingerprint density at radius 2 is 1.95 bits per heavy atom. The summed E-state index contributed by atoms with van der Waals surface area (Å²) < 4.78 is 4.22. The normalized spacial score (nSPS) is 11.8. The highest BCUT2D eigenvalue weighted by Crippen LogP contribution is 2.39. The first-order valence-corrected chi connectivity index (χ1v) is 7.07. The Morgan fingerprint density at radius 1 is 1.14 bits per heavy atom. The SMILES string of the molecule is [C-]#[N+]c1ccc2c[n+]3n(c2c1[N+]#[C-])-c1cc(C)cc(C)c1C3. The van der Waals surface area contributed by atoms with Gasteiger partial charge in [-0.25, -0.2) is 4.85 Å². The van der Waals surface area contributed by atoms with E-state index < -0.39 is 0 Å². The molecule has 0 amide bonds. The van der Waals surface area contributed by atoms with Crippen LogP contribution in [0.2, 0.25) is 0 Å². The van der Waals surface area contributed by atoms with Gasteiger partial charge in [-0.15, -0.1) is 9.36 Å². The van der Waals surface area contributed by atoms with Gasteiger partial charge in [-0.1, -0.05) is 18.2 Å². The third-order valence-electron chi connectivity index (χ3n) is 4.29. The molecule has 4 nitrogen and oxygen atoms in total. The zero-order valence-corrected chi connectivity index (χ0v) is 12.4. The van der Waals surface area contributed by atoms with E-state index in [0.29, 0.717) is 11.4 Å². The fraction of sp³-hybridized carbons (Fsp3) is 0.167. The molecule has 0 spiro atoms. The quantitative estimate of drug-likeness (QED) is 0.343. The summed E-state index contributed by atoms with van der Waals surface area (Å²) in [6, 6.07) is 8.01. The average Bonchev–Trinajstić information content (AvgIpc) is 3.02. The standard InChI is InChI=1S/C18H13N4/c1-11-7-12(2)14-10-21-9-13-5-6-15(19-3)17(20-4)18(13)22(21)16(14)8-11/h5-9H,10H2,1-2H3/q+1. The van der Waals surface area contributed by atoms with Gasteiger partial charge in [-0.05, 0) is 31.0 Å². The molecule has 0 radical (unpaired) electrons. The Morgan fingerprint density at radius 3 is 2.68 bits per heavy atom. The van der Waals surface area contributed by atoms with Crippen LogP contribution in [-0.4, -0.2) is 4.68 Å². The van der Waals surface area contributed by atoms with Crippen molar-refractivity contribution in [1.29, 1.82) is 0 Å². The maximum absolute atomic E-state index is 7.50. The monoisotopic (exact) mass is 285 g/mol. The van der Waals surface area contributed by atoms with E-state index in [1.807, 2.05) is 6.07 Å². The Balaban J connectivity index is 2.18. The first kappa shape index (κ1) is 12.6. The molecule has 0 bridgehead atoms. The molecule has 0 aliphatic carbocycles. The molecule has 0 atom stereocenters. The van der Waals surface area contributed by atoms with Crippen molar-refractivity contribution in [2.75, 3.05) is 0 Å². The van der Waals surface area contributed by atoms with Crippen molar-refractivity contribution >= 4 is 22.3 Å². The zero-order valence-electron chi connectivity index (χ0n) is 12.4. The predicted molar refractivity (Wildman–Crippen MR) is 84.6 cm³/mol. The highest BCUT2D eigenvalue weighted by atomic mass is 15.4. The van der Waals surface area contributed by atoms with Gasteiger partial charge in [0.2, 0.25) is 11.9 Å². The molecular weight excluding hydrogens is 272 g/mol. The summed E-state index contributed by atoms with van der Waals surface area (Å²) in [5.74, 6) is 0. The van der Waals surface area contributed by atoms with Gasteiger partial charge in [0, 0.05) is 0 Å². The lowest BCUT2D eigenvalue weighted by Gasteiger charge is -2.04. The minimum Gasteiger partial charge on any atom is -0.250 e. The van der Waals surface area contributed by atoms with Crippen LogP contribution >= 0.6 is 0 Å². The summed E-state index contributed by atoms with van der Waals surface area (Å²) in [7, 11) is 0. The minimum atomic E-state index is 0.418. The fourth-order valence-electron chi connectivity index (χ4n) is 3.37. The van der Waals surface area contributed by atoms with Gasteiger partial charge in [0.1, 0.15) is 11.2 Å². The number of aryl methyl sites for hydroxylation is 2. The maximum atomic E-state index is 7.50. The smallest absolute Gasteiger partial charge is 0.224 e. The zero-order chi connectivity index (χ0) is 15.4. The van der Waals surface area contributed by atoms with Crippen molar-refractivity contribution in [2.24, 2.45) is 0 Å². The number of rotatable bonds is 0. The van der Waals surface area contributed by atoms with Crippen LogP contribution in [-0.2, 0) is 6.54 Å². The molecule has 3 aromatic rings. The highest BCUT2D eigenvalue weighted by molar-refractivity contribution is 5.99. The summed E-state index contributed by atoms with van der Waals surface area (Å²) in [5, 5.41) is 1.00. The van der Waals surface area contributed by atoms with Crippen LogP contribution in [0.15, 0.2) is 30.5 Å². The molecule has 4 rings (SSSR count). The number of nitrogens with zero attached hydrogens (tertiary/aromatic N) is 4. The van der Waals surface area contributed by atoms with Gasteiger partial charge in [-0.2, -0.15) is 0 Å². The Bertz CT molecular complexity index is 1040. The molecule has 0 unspecified atom stereocenters. The van der Waals surface area contributed by atoms with Crippen LogP contribution < -0.4 is 4.68 Å². The number of aromatic nitrogens is 2. The van der Waals surface area contributed by atoms with Crippen molar-refractivity contribution in [3.8, 4) is 5.69 Å². The summed E-state index contributed by atoms with van der Waals surface area (Å²) >= 11 is 0. The Hall–Kier alpha value is -3.11. The molecule has 0 N–H and O–H groups in total. The summed E-state index contributed by atoms with van der Waals surface area (Å²) in [5.41, 5.74) is 6.59. The van der Waals surface area contributed by atoms with Crippen molar-refractivity contribution in [3.63, 3.8) is 0 Å². The van der Waals surface area contributed by atoms with Gasteiger partial charge in [0.25, 0.3) is 0 Å². The molecule has 22 heavy (non-hydrogen) atoms. The van der Waals surface area contributed by atoms with E-state index in [1.54, 1.807) is 6.07 Å². The third kappa shape index (κ3) is 1.47. The minimum absolute atomic E-state index is 0.418. The largest absolute Gasteiger partial charge is 0.250 e. The van der Waals surface area contributed by atoms with Crippen LogP contribution in [0.3, 0.4) is 0 Å². The van der Waals surface area contributed by atoms with Gasteiger partial charge < -0.3 is 0 Å². The average molecular weight is 285 g/mol. The lowest BCUT2D eigenvalue weighted by Crippen LogP contribution is -2.36. The summed E-state index contributed by atoms with van der Waals surface area (Å²) in [6.45, 7) is 19.8. The first-order valence-electron chi connectivity index (χ1n) is 7.07. The first-order chi connectivity index (χ1) is 10.6. The second-order valence-electron chi connectivity index (χ2n) is 5.71. The van der Waals surface area contributed by atoms with E-state index in [2.05, 4.69) is 51.2 Å². The predicted octanol–water partition coefficient (Wildman–Crippen LogP) is 4.00. The van der Waals surface area contributed by atoms with Crippen LogP contribution in [0, 0.1) is 27.0 Å². The number of hydrogen-bond donors (Lipinski definition) is 0. The number of fused-ring (bicyclic) bond motifs is 5. The molecule has 1 aliphatic rings. The van der Waals surface area contributed by atoms with E-state index in [9.17, 15) is 0 Å². The molecule has 2 heterocycles. The van der Waals surface area contributed by atoms with Gasteiger partial charge in [0.05, 0.1) is 24.1 Å². The van der Waals surface area contributed by atoms with Crippen LogP contribution in [0.1, 0.15) is 16.7 Å². The fourth-order valence-corrected chi connectivity index (χ4v) is 3.37. The molecule has 1 aromatic heterocycles. The maximum Gasteiger partial charge on any atom is 0.224 e. The van der Waals surface area contributed by atoms with E-state index in [1.165, 1.54) is 16.7 Å². The Kier molecular flexibility index (Phi) is 2.40. The van der Waals surface area contributed by atoms with Gasteiger partial charge in [0.15, 0.2) is 12.2 Å². The summed E-state index contributed by atoms with van der Waals surface area (Å²) in [6.07, 6.45) is 2.06. The van der Waals surface area contributed by atoms with Crippen LogP contribution in [0.25, 0.3) is 26.3 Å². The Labute approximate surface area is 128 Å². The van der Waals surface area contributed by atoms with Crippen molar-refractivity contribution in [1.82, 2.24) is 4.68 Å². The highest BCUT2D eigenvalue weighted by Gasteiger charge is 2.31. The van der Waals surface area contributed by atoms with Crippen molar-refractivity contribution < 1.29 is 4.68 Å². The van der Waals surface area contributed by atoms with Crippen molar-refractivity contribution in [2.45, 2.75) is 20.4 Å². The lowest BCUT2D eigenvalue weighted by atomic mass is 10.0. The summed E-state index contributed by atoms with van der Waals surface area (Å²) in [4.78, 5) is 7.14. The molecule has 104 valence electrons. The van der Waals surface area contributed by atoms with Crippen LogP contribution in [0.4, 0.5) is 11.4 Å². The van der Waals surface area contributed by atoms with Gasteiger partial charge in [-0.3, -0.25) is 4.85 Å². The third-order valence-corrected chi connectivity index (χ3v) is 4.29. The molecule has 1 aliphatic heterocycles. The lowest BCUT2D eigenvalue weighted by molar-refractivity contribution is -0.749. The second kappa shape index (κ2) is 4.19. The number of hydrogen-bond acceptors (Lipinski definition) is 0.